The molecule has 0 saturated heterocycles. The number of benzene rings is 1. The van der Waals surface area contributed by atoms with Crippen LogP contribution in [0.1, 0.15) is 81.5 Å². The summed E-state index contributed by atoms with van der Waals surface area (Å²) in [6.45, 7) is 2.22. The molecule has 0 aromatic heterocycles. The maximum atomic E-state index is 12.1. The van der Waals surface area contributed by atoms with Crippen LogP contribution >= 0.6 is 0 Å². The summed E-state index contributed by atoms with van der Waals surface area (Å²) >= 11 is 0. The van der Waals surface area contributed by atoms with E-state index in [9.17, 15) is 20.1 Å². The van der Waals surface area contributed by atoms with Gasteiger partial charge < -0.3 is 15.3 Å². The molecule has 0 spiro atoms. The second kappa shape index (κ2) is 16.1. The van der Waals surface area contributed by atoms with E-state index in [0.717, 1.165) is 37.8 Å². The van der Waals surface area contributed by atoms with Crippen molar-refractivity contribution in [2.45, 2.75) is 71.1 Å². The molecule has 1 rings (SSSR count). The van der Waals surface area contributed by atoms with Gasteiger partial charge in [0.2, 0.25) is 0 Å². The summed E-state index contributed by atoms with van der Waals surface area (Å²) in [5.74, 6) is -1.39. The topological polar surface area (TPSA) is 77.8 Å². The molecule has 0 aliphatic rings. The first-order valence-electron chi connectivity index (χ1n) is 10.9. The number of phenolic OH excluding ortho intramolecular Hbond substituents is 3. The number of hydrogen-bond donors (Lipinski definition) is 3. The smallest absolute Gasteiger partial charge is 0.170 e. The minimum Gasteiger partial charge on any atom is -0.508 e. The number of Topliss-reactive ketones (excluding diaryl/α,β-unsaturated/α-hetero) is 1. The van der Waals surface area contributed by atoms with Crippen LogP contribution in [0.2, 0.25) is 0 Å². The number of unbranched alkanes of at least 4 members (excludes halogenated alkanes) is 4. The molecule has 0 radical (unpaired) electrons. The van der Waals surface area contributed by atoms with Crippen molar-refractivity contribution in [3.8, 4) is 17.2 Å². The van der Waals surface area contributed by atoms with Crippen molar-refractivity contribution >= 4 is 5.78 Å². The molecular formula is C26H36O4. The average molecular weight is 413 g/mol. The molecule has 3 N–H and O–H groups in total. The van der Waals surface area contributed by atoms with Gasteiger partial charge in [0.05, 0.1) is 0 Å². The Hall–Kier alpha value is -2.75. The average Bonchev–Trinajstić information content (AvgIpc) is 2.69. The number of rotatable bonds is 15. The number of carbonyl (C=O) groups is 1. The van der Waals surface area contributed by atoms with E-state index >= 15 is 0 Å². The zero-order valence-corrected chi connectivity index (χ0v) is 18.1. The molecule has 0 heterocycles. The van der Waals surface area contributed by atoms with Crippen molar-refractivity contribution in [1.82, 2.24) is 0 Å². The van der Waals surface area contributed by atoms with Gasteiger partial charge in [-0.2, -0.15) is 0 Å². The molecule has 0 fully saturated rings. The number of hydrogen-bond acceptors (Lipinski definition) is 4. The normalized spacial score (nSPS) is 12.2. The predicted molar refractivity (Wildman–Crippen MR) is 124 cm³/mol. The zero-order valence-electron chi connectivity index (χ0n) is 18.1. The van der Waals surface area contributed by atoms with Crippen molar-refractivity contribution in [2.24, 2.45) is 0 Å². The van der Waals surface area contributed by atoms with E-state index in [1.807, 2.05) is 6.08 Å². The van der Waals surface area contributed by atoms with Crippen LogP contribution in [0.4, 0.5) is 0 Å². The van der Waals surface area contributed by atoms with Gasteiger partial charge >= 0.3 is 0 Å². The van der Waals surface area contributed by atoms with Crippen LogP contribution in [-0.2, 0) is 0 Å². The summed E-state index contributed by atoms with van der Waals surface area (Å²) < 4.78 is 0. The predicted octanol–water partition coefficient (Wildman–Crippen LogP) is 7.13. The fourth-order valence-corrected chi connectivity index (χ4v) is 2.95. The number of aromatic hydroxyl groups is 3. The van der Waals surface area contributed by atoms with Gasteiger partial charge in [0.15, 0.2) is 5.78 Å². The van der Waals surface area contributed by atoms with Crippen molar-refractivity contribution in [2.75, 3.05) is 0 Å². The van der Waals surface area contributed by atoms with Gasteiger partial charge in [-0.1, -0.05) is 68.4 Å². The lowest BCUT2D eigenvalue weighted by atomic mass is 10.0. The monoisotopic (exact) mass is 412 g/mol. The van der Waals surface area contributed by atoms with Crippen LogP contribution in [0.5, 0.6) is 17.2 Å². The van der Waals surface area contributed by atoms with Crippen molar-refractivity contribution in [1.29, 1.82) is 0 Å². The molecule has 30 heavy (non-hydrogen) atoms. The van der Waals surface area contributed by atoms with Gasteiger partial charge in [0.1, 0.15) is 22.8 Å². The second-order valence-electron chi connectivity index (χ2n) is 7.26. The summed E-state index contributed by atoms with van der Waals surface area (Å²) in [6.07, 6.45) is 26.7. The van der Waals surface area contributed by atoms with Gasteiger partial charge in [0, 0.05) is 18.6 Å². The molecule has 0 atom stereocenters. The third-order valence-corrected chi connectivity index (χ3v) is 4.59. The van der Waals surface area contributed by atoms with Gasteiger partial charge in [-0.25, -0.2) is 0 Å². The van der Waals surface area contributed by atoms with Crippen LogP contribution < -0.4 is 0 Å². The van der Waals surface area contributed by atoms with Crippen molar-refractivity contribution < 1.29 is 20.1 Å². The van der Waals surface area contributed by atoms with Crippen LogP contribution in [0.15, 0.2) is 60.7 Å². The van der Waals surface area contributed by atoms with Crippen LogP contribution in [0, 0.1) is 0 Å². The Bertz CT molecular complexity index is 718. The van der Waals surface area contributed by atoms with Crippen molar-refractivity contribution in [3.05, 3.63) is 66.3 Å². The van der Waals surface area contributed by atoms with Crippen LogP contribution in [-0.4, -0.2) is 21.1 Å². The molecule has 164 valence electrons. The van der Waals surface area contributed by atoms with E-state index in [1.54, 1.807) is 0 Å². The zero-order chi connectivity index (χ0) is 22.0. The molecule has 4 nitrogen and oxygen atoms in total. The number of phenols is 3. The van der Waals surface area contributed by atoms with E-state index in [-0.39, 0.29) is 23.5 Å². The molecular weight excluding hydrogens is 376 g/mol. The van der Waals surface area contributed by atoms with E-state index in [0.29, 0.717) is 6.42 Å². The molecule has 0 amide bonds. The Morgan fingerprint density at radius 1 is 0.733 bits per heavy atom. The fraction of sp³-hybridized carbons (Fsp3) is 0.423. The summed E-state index contributed by atoms with van der Waals surface area (Å²) in [7, 11) is 0. The number of allylic oxidation sites excluding steroid dienone is 8. The third-order valence-electron chi connectivity index (χ3n) is 4.59. The van der Waals surface area contributed by atoms with E-state index in [1.165, 1.54) is 25.7 Å². The summed E-state index contributed by atoms with van der Waals surface area (Å²) in [5, 5.41) is 28.7. The molecule has 0 aliphatic carbocycles. The van der Waals surface area contributed by atoms with E-state index in [4.69, 9.17) is 0 Å². The molecule has 4 heteroatoms. The van der Waals surface area contributed by atoms with Gasteiger partial charge in [-0.05, 0) is 44.9 Å². The van der Waals surface area contributed by atoms with Gasteiger partial charge in [0.25, 0.3) is 0 Å². The first-order chi connectivity index (χ1) is 14.6. The Balaban J connectivity index is 2.12. The number of carbonyl (C=O) groups excluding carboxylic acids is 1. The van der Waals surface area contributed by atoms with E-state index < -0.39 is 11.5 Å². The Labute approximate surface area is 181 Å². The summed E-state index contributed by atoms with van der Waals surface area (Å²) in [4.78, 5) is 12.1. The molecule has 0 unspecified atom stereocenters. The van der Waals surface area contributed by atoms with Crippen LogP contribution in [0.25, 0.3) is 0 Å². The quantitative estimate of drug-likeness (QED) is 0.163. The Morgan fingerprint density at radius 2 is 1.20 bits per heavy atom. The lowest BCUT2D eigenvalue weighted by Gasteiger charge is -2.06. The Kier molecular flexibility index (Phi) is 13.6. The van der Waals surface area contributed by atoms with Gasteiger partial charge in [-0.15, -0.1) is 0 Å². The maximum Gasteiger partial charge on any atom is 0.170 e. The highest BCUT2D eigenvalue weighted by atomic mass is 16.3. The first-order valence-corrected chi connectivity index (χ1v) is 10.9. The third kappa shape index (κ3) is 11.3. The summed E-state index contributed by atoms with van der Waals surface area (Å²) in [5.41, 5.74) is -0.125. The highest BCUT2D eigenvalue weighted by Gasteiger charge is 2.16. The largest absolute Gasteiger partial charge is 0.508 e. The SMILES string of the molecule is CCCCC/C=C\C/C=C\C/C=C\C/C=C\CCCC(=O)c1c(O)cc(O)cc1O. The molecule has 0 bridgehead atoms. The highest BCUT2D eigenvalue weighted by Crippen LogP contribution is 2.33. The van der Waals surface area contributed by atoms with Crippen molar-refractivity contribution in [3.63, 3.8) is 0 Å². The highest BCUT2D eigenvalue weighted by molar-refractivity contribution is 6.01. The molecule has 0 saturated carbocycles. The Morgan fingerprint density at radius 3 is 1.70 bits per heavy atom. The summed E-state index contributed by atoms with van der Waals surface area (Å²) in [6, 6.07) is 2.11. The minimum absolute atomic E-state index is 0.125. The lowest BCUT2D eigenvalue weighted by Crippen LogP contribution is -1.99. The molecule has 1 aromatic carbocycles. The first kappa shape index (κ1) is 25.3. The molecule has 1 aromatic rings. The minimum atomic E-state index is -0.393. The van der Waals surface area contributed by atoms with E-state index in [2.05, 4.69) is 49.5 Å². The van der Waals surface area contributed by atoms with Gasteiger partial charge in [-0.3, -0.25) is 4.79 Å². The van der Waals surface area contributed by atoms with Crippen LogP contribution in [0.3, 0.4) is 0 Å². The second-order valence-corrected chi connectivity index (χ2v) is 7.26. The number of ketones is 1. The lowest BCUT2D eigenvalue weighted by molar-refractivity contribution is 0.0975. The molecule has 0 aliphatic heterocycles. The fourth-order valence-electron chi connectivity index (χ4n) is 2.95. The standard InChI is InChI=1S/C26H36O4/c1-2-3-4-5-6-7-8-9-10-11-12-13-14-15-16-17-18-19-23(28)26-24(29)20-22(27)21-25(26)30/h6-7,9-10,12-13,15-16,20-21,27,29-30H,2-5,8,11,14,17-19H2,1H3/b7-6-,10-9-,13-12-,16-15-. The maximum absolute atomic E-state index is 12.1.